The van der Waals surface area contributed by atoms with Crippen LogP contribution in [-0.2, 0) is 17.9 Å². The van der Waals surface area contributed by atoms with Crippen LogP contribution in [0, 0.1) is 0 Å². The minimum atomic E-state index is 0.553. The summed E-state index contributed by atoms with van der Waals surface area (Å²) in [7, 11) is 0. The number of furan rings is 1. The first-order valence-electron chi connectivity index (χ1n) is 7.65. The van der Waals surface area contributed by atoms with Gasteiger partial charge in [-0.15, -0.1) is 0 Å². The lowest BCUT2D eigenvalue weighted by Gasteiger charge is -2.30. The fourth-order valence-electron chi connectivity index (χ4n) is 2.35. The van der Waals surface area contributed by atoms with Gasteiger partial charge in [0.15, 0.2) is 0 Å². The molecule has 0 amide bonds. The van der Waals surface area contributed by atoms with Gasteiger partial charge in [-0.3, -0.25) is 4.90 Å². The molecular weight excluding hydrogens is 252 g/mol. The summed E-state index contributed by atoms with van der Waals surface area (Å²) >= 11 is 0. The summed E-state index contributed by atoms with van der Waals surface area (Å²) in [5.74, 6) is 0.983. The maximum Gasteiger partial charge on any atom is 0.123 e. The Balaban J connectivity index is 2.32. The van der Waals surface area contributed by atoms with Crippen molar-refractivity contribution in [2.45, 2.75) is 59.9 Å². The molecule has 20 heavy (non-hydrogen) atoms. The van der Waals surface area contributed by atoms with Crippen LogP contribution in [0.15, 0.2) is 16.7 Å². The van der Waals surface area contributed by atoms with Gasteiger partial charge in [0, 0.05) is 24.2 Å². The lowest BCUT2D eigenvalue weighted by atomic mass is 10.2. The molecule has 1 N–H and O–H groups in total. The van der Waals surface area contributed by atoms with Crippen LogP contribution in [0.5, 0.6) is 0 Å². The Labute approximate surface area is 123 Å². The van der Waals surface area contributed by atoms with Crippen molar-refractivity contribution in [1.82, 2.24) is 10.2 Å². The van der Waals surface area contributed by atoms with Crippen LogP contribution in [-0.4, -0.2) is 36.7 Å². The van der Waals surface area contributed by atoms with E-state index in [2.05, 4.69) is 44.8 Å². The molecule has 4 heteroatoms. The van der Waals surface area contributed by atoms with E-state index >= 15 is 0 Å². The summed E-state index contributed by atoms with van der Waals surface area (Å²) in [6, 6.07) is 3.10. The standard InChI is InChI=1S/C16H30N2O2/c1-6-17-11-16-15(7-9-20-16)12-19-10-8-18(13(2)3)14(4)5/h7,9,13-14,17H,6,8,10-12H2,1-5H3. The Morgan fingerprint density at radius 2 is 1.95 bits per heavy atom. The van der Waals surface area contributed by atoms with Crippen LogP contribution in [0.1, 0.15) is 45.9 Å². The number of hydrogen-bond acceptors (Lipinski definition) is 4. The molecule has 0 bridgehead atoms. The lowest BCUT2D eigenvalue weighted by Crippen LogP contribution is -2.39. The van der Waals surface area contributed by atoms with Crippen molar-refractivity contribution >= 4 is 0 Å². The molecule has 0 aliphatic heterocycles. The first kappa shape index (κ1) is 17.2. The molecule has 4 nitrogen and oxygen atoms in total. The molecule has 0 radical (unpaired) electrons. The minimum Gasteiger partial charge on any atom is -0.468 e. The van der Waals surface area contributed by atoms with Crippen molar-refractivity contribution < 1.29 is 9.15 Å². The van der Waals surface area contributed by atoms with E-state index in [4.69, 9.17) is 9.15 Å². The van der Waals surface area contributed by atoms with Crippen molar-refractivity contribution in [2.75, 3.05) is 19.7 Å². The molecule has 0 saturated carbocycles. The van der Waals surface area contributed by atoms with E-state index in [1.54, 1.807) is 6.26 Å². The number of ether oxygens (including phenoxy) is 1. The SMILES string of the molecule is CCNCc1occc1COCCN(C(C)C)C(C)C. The van der Waals surface area contributed by atoms with Crippen LogP contribution >= 0.6 is 0 Å². The molecule has 0 unspecified atom stereocenters. The zero-order valence-electron chi connectivity index (χ0n) is 13.6. The Morgan fingerprint density at radius 3 is 2.55 bits per heavy atom. The highest BCUT2D eigenvalue weighted by molar-refractivity contribution is 5.15. The quantitative estimate of drug-likeness (QED) is 0.669. The second-order valence-electron chi connectivity index (χ2n) is 5.63. The summed E-state index contributed by atoms with van der Waals surface area (Å²) in [5, 5.41) is 3.27. The second kappa shape index (κ2) is 9.16. The van der Waals surface area contributed by atoms with Gasteiger partial charge in [-0.05, 0) is 40.3 Å². The molecule has 0 atom stereocenters. The van der Waals surface area contributed by atoms with Gasteiger partial charge in [-0.25, -0.2) is 0 Å². The van der Waals surface area contributed by atoms with Crippen LogP contribution in [0.3, 0.4) is 0 Å². The van der Waals surface area contributed by atoms with Crippen molar-refractivity contribution in [3.05, 3.63) is 23.7 Å². The van der Waals surface area contributed by atoms with Gasteiger partial charge in [0.05, 0.1) is 26.0 Å². The third kappa shape index (κ3) is 5.65. The maximum atomic E-state index is 5.80. The Bertz CT molecular complexity index is 353. The van der Waals surface area contributed by atoms with E-state index in [1.807, 2.05) is 6.07 Å². The predicted octanol–water partition coefficient (Wildman–Crippen LogP) is 3.02. The van der Waals surface area contributed by atoms with Gasteiger partial charge in [-0.2, -0.15) is 0 Å². The van der Waals surface area contributed by atoms with E-state index in [0.29, 0.717) is 18.7 Å². The minimum absolute atomic E-state index is 0.553. The first-order valence-corrected chi connectivity index (χ1v) is 7.65. The molecule has 0 saturated heterocycles. The van der Waals surface area contributed by atoms with E-state index in [0.717, 1.165) is 37.6 Å². The highest BCUT2D eigenvalue weighted by Gasteiger charge is 2.13. The average molecular weight is 282 g/mol. The molecule has 1 aromatic rings. The molecular formula is C16H30N2O2. The van der Waals surface area contributed by atoms with Crippen molar-refractivity contribution in [1.29, 1.82) is 0 Å². The maximum absolute atomic E-state index is 5.80. The topological polar surface area (TPSA) is 37.6 Å². The number of hydrogen-bond donors (Lipinski definition) is 1. The smallest absolute Gasteiger partial charge is 0.123 e. The van der Waals surface area contributed by atoms with Crippen molar-refractivity contribution in [3.8, 4) is 0 Å². The highest BCUT2D eigenvalue weighted by atomic mass is 16.5. The third-order valence-electron chi connectivity index (χ3n) is 3.45. The largest absolute Gasteiger partial charge is 0.468 e. The normalized spacial score (nSPS) is 12.0. The number of nitrogens with zero attached hydrogens (tertiary/aromatic N) is 1. The van der Waals surface area contributed by atoms with E-state index in [-0.39, 0.29) is 0 Å². The fourth-order valence-corrected chi connectivity index (χ4v) is 2.35. The van der Waals surface area contributed by atoms with Crippen molar-refractivity contribution in [2.24, 2.45) is 0 Å². The number of rotatable bonds is 10. The molecule has 116 valence electrons. The summed E-state index contributed by atoms with van der Waals surface area (Å²) in [6.45, 7) is 15.1. The Morgan fingerprint density at radius 1 is 1.25 bits per heavy atom. The average Bonchev–Trinajstić information content (AvgIpc) is 2.82. The van der Waals surface area contributed by atoms with Crippen LogP contribution in [0.2, 0.25) is 0 Å². The molecule has 0 aliphatic carbocycles. The Kier molecular flexibility index (Phi) is 7.88. The van der Waals surface area contributed by atoms with Gasteiger partial charge in [0.25, 0.3) is 0 Å². The van der Waals surface area contributed by atoms with E-state index in [1.165, 1.54) is 0 Å². The molecule has 0 fully saturated rings. The van der Waals surface area contributed by atoms with Gasteiger partial charge in [-0.1, -0.05) is 6.92 Å². The summed E-state index contributed by atoms with van der Waals surface area (Å²) in [4.78, 5) is 2.44. The van der Waals surface area contributed by atoms with Crippen LogP contribution < -0.4 is 5.32 Å². The highest BCUT2D eigenvalue weighted by Crippen LogP contribution is 2.12. The van der Waals surface area contributed by atoms with Gasteiger partial charge < -0.3 is 14.5 Å². The van der Waals surface area contributed by atoms with E-state index < -0.39 is 0 Å². The summed E-state index contributed by atoms with van der Waals surface area (Å²) in [6.07, 6.45) is 1.74. The zero-order chi connectivity index (χ0) is 15.0. The summed E-state index contributed by atoms with van der Waals surface area (Å²) in [5.41, 5.74) is 1.14. The molecule has 1 rings (SSSR count). The molecule has 0 spiro atoms. The van der Waals surface area contributed by atoms with Crippen LogP contribution in [0.4, 0.5) is 0 Å². The third-order valence-corrected chi connectivity index (χ3v) is 3.45. The number of nitrogens with one attached hydrogen (secondary N) is 1. The van der Waals surface area contributed by atoms with Crippen LogP contribution in [0.25, 0.3) is 0 Å². The van der Waals surface area contributed by atoms with Gasteiger partial charge in [0.2, 0.25) is 0 Å². The van der Waals surface area contributed by atoms with Gasteiger partial charge in [0.1, 0.15) is 5.76 Å². The predicted molar refractivity (Wildman–Crippen MR) is 82.7 cm³/mol. The first-order chi connectivity index (χ1) is 9.56. The molecule has 1 aromatic heterocycles. The monoisotopic (exact) mass is 282 g/mol. The van der Waals surface area contributed by atoms with Gasteiger partial charge >= 0.3 is 0 Å². The van der Waals surface area contributed by atoms with Crippen molar-refractivity contribution in [3.63, 3.8) is 0 Å². The zero-order valence-corrected chi connectivity index (χ0v) is 13.6. The van der Waals surface area contributed by atoms with E-state index in [9.17, 15) is 0 Å². The molecule has 0 aliphatic rings. The molecule has 0 aromatic carbocycles. The molecule has 1 heterocycles. The Hall–Kier alpha value is -0.840. The fraction of sp³-hybridized carbons (Fsp3) is 0.750. The summed E-state index contributed by atoms with van der Waals surface area (Å²) < 4.78 is 11.3. The second-order valence-corrected chi connectivity index (χ2v) is 5.63. The lowest BCUT2D eigenvalue weighted by molar-refractivity contribution is 0.0693.